The highest BCUT2D eigenvalue weighted by atomic mass is 19.1. The highest BCUT2D eigenvalue weighted by molar-refractivity contribution is 5.29. The maximum atomic E-state index is 13.6. The highest BCUT2D eigenvalue weighted by Crippen LogP contribution is 2.26. The highest BCUT2D eigenvalue weighted by Gasteiger charge is 2.27. The number of benzene rings is 1. The van der Waals surface area contributed by atoms with Crippen molar-refractivity contribution >= 4 is 0 Å². The summed E-state index contributed by atoms with van der Waals surface area (Å²) in [7, 11) is 0. The molecule has 3 N–H and O–H groups in total. The molecule has 16 heavy (non-hydrogen) atoms. The van der Waals surface area contributed by atoms with Gasteiger partial charge in [0.05, 0.1) is 6.10 Å². The molecule has 1 saturated carbocycles. The van der Waals surface area contributed by atoms with Gasteiger partial charge in [-0.15, -0.1) is 0 Å². The van der Waals surface area contributed by atoms with Gasteiger partial charge in [-0.1, -0.05) is 6.07 Å². The normalized spacial score (nSPS) is 24.7. The Bertz CT molecular complexity index is 370. The van der Waals surface area contributed by atoms with Crippen molar-refractivity contribution in [3.8, 4) is 5.75 Å². The zero-order chi connectivity index (χ0) is 11.5. The molecule has 0 aromatic heterocycles. The zero-order valence-electron chi connectivity index (χ0n) is 9.03. The SMILES string of the molecule is NCc1ccc(OC2CCCC2O)c(F)c1. The number of halogens is 1. The van der Waals surface area contributed by atoms with Gasteiger partial charge in [0.25, 0.3) is 0 Å². The molecule has 1 aromatic carbocycles. The monoisotopic (exact) mass is 225 g/mol. The first-order valence-corrected chi connectivity index (χ1v) is 5.54. The molecule has 2 atom stereocenters. The summed E-state index contributed by atoms with van der Waals surface area (Å²) >= 11 is 0. The van der Waals surface area contributed by atoms with Crippen LogP contribution in [0.3, 0.4) is 0 Å². The van der Waals surface area contributed by atoms with Crippen LogP contribution >= 0.6 is 0 Å². The van der Waals surface area contributed by atoms with E-state index in [1.54, 1.807) is 12.1 Å². The average molecular weight is 225 g/mol. The molecule has 1 aliphatic rings. The summed E-state index contributed by atoms with van der Waals surface area (Å²) < 4.78 is 19.0. The molecule has 1 fully saturated rings. The van der Waals surface area contributed by atoms with Gasteiger partial charge in [-0.2, -0.15) is 0 Å². The lowest BCUT2D eigenvalue weighted by Crippen LogP contribution is -2.26. The van der Waals surface area contributed by atoms with E-state index in [2.05, 4.69) is 0 Å². The van der Waals surface area contributed by atoms with Crippen LogP contribution in [-0.2, 0) is 6.54 Å². The first-order valence-electron chi connectivity index (χ1n) is 5.54. The molecular weight excluding hydrogens is 209 g/mol. The van der Waals surface area contributed by atoms with E-state index in [0.29, 0.717) is 6.54 Å². The topological polar surface area (TPSA) is 55.5 Å². The van der Waals surface area contributed by atoms with Gasteiger partial charge in [0.15, 0.2) is 11.6 Å². The Morgan fingerprint density at radius 2 is 2.25 bits per heavy atom. The van der Waals surface area contributed by atoms with E-state index in [0.717, 1.165) is 24.8 Å². The molecule has 0 aliphatic heterocycles. The molecule has 0 bridgehead atoms. The number of ether oxygens (including phenoxy) is 1. The van der Waals surface area contributed by atoms with Crippen molar-refractivity contribution in [2.75, 3.05) is 0 Å². The molecule has 0 spiro atoms. The van der Waals surface area contributed by atoms with Gasteiger partial charge < -0.3 is 15.6 Å². The molecule has 1 aromatic rings. The third-order valence-electron chi connectivity index (χ3n) is 2.93. The van der Waals surface area contributed by atoms with E-state index in [-0.39, 0.29) is 11.9 Å². The Morgan fingerprint density at radius 3 is 2.81 bits per heavy atom. The van der Waals surface area contributed by atoms with Gasteiger partial charge in [-0.3, -0.25) is 0 Å². The van der Waals surface area contributed by atoms with Crippen molar-refractivity contribution < 1.29 is 14.2 Å². The van der Waals surface area contributed by atoms with E-state index in [9.17, 15) is 9.50 Å². The van der Waals surface area contributed by atoms with Gasteiger partial charge >= 0.3 is 0 Å². The quantitative estimate of drug-likeness (QED) is 0.821. The van der Waals surface area contributed by atoms with E-state index in [4.69, 9.17) is 10.5 Å². The van der Waals surface area contributed by atoms with Crippen LogP contribution in [0.25, 0.3) is 0 Å². The molecule has 0 saturated heterocycles. The van der Waals surface area contributed by atoms with Crippen molar-refractivity contribution in [2.24, 2.45) is 5.73 Å². The fourth-order valence-electron chi connectivity index (χ4n) is 1.97. The largest absolute Gasteiger partial charge is 0.485 e. The van der Waals surface area contributed by atoms with Crippen LogP contribution in [0, 0.1) is 5.82 Å². The molecule has 1 aliphatic carbocycles. The fraction of sp³-hybridized carbons (Fsp3) is 0.500. The summed E-state index contributed by atoms with van der Waals surface area (Å²) in [6.45, 7) is 0.309. The number of aliphatic hydroxyl groups is 1. The smallest absolute Gasteiger partial charge is 0.165 e. The van der Waals surface area contributed by atoms with E-state index in [1.165, 1.54) is 6.07 Å². The molecule has 2 rings (SSSR count). The van der Waals surface area contributed by atoms with Gasteiger partial charge in [0, 0.05) is 6.54 Å². The average Bonchev–Trinajstić information content (AvgIpc) is 2.67. The van der Waals surface area contributed by atoms with Crippen LogP contribution in [-0.4, -0.2) is 17.3 Å². The van der Waals surface area contributed by atoms with Crippen LogP contribution in [0.15, 0.2) is 18.2 Å². The number of rotatable bonds is 3. The second-order valence-corrected chi connectivity index (χ2v) is 4.12. The Hall–Kier alpha value is -1.13. The lowest BCUT2D eigenvalue weighted by molar-refractivity contribution is 0.0578. The first kappa shape index (κ1) is 11.4. The summed E-state index contributed by atoms with van der Waals surface area (Å²) in [6, 6.07) is 4.68. The second-order valence-electron chi connectivity index (χ2n) is 4.12. The van der Waals surface area contributed by atoms with Crippen molar-refractivity contribution in [1.29, 1.82) is 0 Å². The fourth-order valence-corrected chi connectivity index (χ4v) is 1.97. The molecule has 3 nitrogen and oxygen atoms in total. The molecule has 4 heteroatoms. The van der Waals surface area contributed by atoms with Gasteiger partial charge in [-0.05, 0) is 37.0 Å². The van der Waals surface area contributed by atoms with Crippen molar-refractivity contribution in [1.82, 2.24) is 0 Å². The zero-order valence-corrected chi connectivity index (χ0v) is 9.03. The minimum absolute atomic E-state index is 0.197. The predicted octanol–water partition coefficient (Wildman–Crippen LogP) is 1.58. The minimum atomic E-state index is -0.478. The summed E-state index contributed by atoms with van der Waals surface area (Å²) in [5, 5.41) is 9.57. The number of aliphatic hydroxyl groups excluding tert-OH is 1. The summed E-state index contributed by atoms with van der Waals surface area (Å²) in [5.41, 5.74) is 6.14. The Labute approximate surface area is 94.0 Å². The first-order chi connectivity index (χ1) is 7.70. The standard InChI is InChI=1S/C12H16FNO2/c13-9-6-8(7-14)4-5-11(9)16-12-3-1-2-10(12)15/h4-6,10,12,15H,1-3,7,14H2. The molecular formula is C12H16FNO2. The van der Waals surface area contributed by atoms with Crippen LogP contribution < -0.4 is 10.5 Å². The maximum absolute atomic E-state index is 13.6. The van der Waals surface area contributed by atoms with Crippen molar-refractivity contribution in [3.63, 3.8) is 0 Å². The van der Waals surface area contributed by atoms with Crippen molar-refractivity contribution in [3.05, 3.63) is 29.6 Å². The minimum Gasteiger partial charge on any atom is -0.485 e. The van der Waals surface area contributed by atoms with Gasteiger partial charge in [0.2, 0.25) is 0 Å². The van der Waals surface area contributed by atoms with Crippen LogP contribution in [0.5, 0.6) is 5.75 Å². The lowest BCUT2D eigenvalue weighted by Gasteiger charge is -2.17. The number of hydrogen-bond acceptors (Lipinski definition) is 3. The van der Waals surface area contributed by atoms with Gasteiger partial charge in [-0.25, -0.2) is 4.39 Å². The third-order valence-corrected chi connectivity index (χ3v) is 2.93. The van der Waals surface area contributed by atoms with Crippen LogP contribution in [0.4, 0.5) is 4.39 Å². The lowest BCUT2D eigenvalue weighted by atomic mass is 10.2. The van der Waals surface area contributed by atoms with Gasteiger partial charge in [0.1, 0.15) is 6.10 Å². The maximum Gasteiger partial charge on any atom is 0.165 e. The summed E-state index contributed by atoms with van der Waals surface area (Å²) in [6.07, 6.45) is 1.67. The summed E-state index contributed by atoms with van der Waals surface area (Å²) in [5.74, 6) is -0.217. The van der Waals surface area contributed by atoms with E-state index >= 15 is 0 Å². The van der Waals surface area contributed by atoms with E-state index in [1.807, 2.05) is 0 Å². The summed E-state index contributed by atoms with van der Waals surface area (Å²) in [4.78, 5) is 0. The molecule has 2 unspecified atom stereocenters. The molecule has 0 amide bonds. The molecule has 88 valence electrons. The molecule has 0 heterocycles. The third kappa shape index (κ3) is 2.33. The van der Waals surface area contributed by atoms with E-state index < -0.39 is 11.9 Å². The second kappa shape index (κ2) is 4.80. The molecule has 0 radical (unpaired) electrons. The number of hydrogen-bond donors (Lipinski definition) is 2. The van der Waals surface area contributed by atoms with Crippen LogP contribution in [0.2, 0.25) is 0 Å². The number of nitrogens with two attached hydrogens (primary N) is 1. The predicted molar refractivity (Wildman–Crippen MR) is 58.6 cm³/mol. The Morgan fingerprint density at radius 1 is 1.44 bits per heavy atom. The van der Waals surface area contributed by atoms with Crippen molar-refractivity contribution in [2.45, 2.75) is 38.0 Å². The Kier molecular flexibility index (Phi) is 3.41. The Balaban J connectivity index is 2.09. The van der Waals surface area contributed by atoms with Crippen LogP contribution in [0.1, 0.15) is 24.8 Å².